The zero-order valence-electron chi connectivity index (χ0n) is 19.9. The Kier molecular flexibility index (Phi) is 5.21. The molecule has 1 aromatic carbocycles. The van der Waals surface area contributed by atoms with Crippen LogP contribution in [0.1, 0.15) is 18.4 Å². The Bertz CT molecular complexity index is 1730. The zero-order chi connectivity index (χ0) is 24.8. The number of H-pyrrole nitrogens is 2. The van der Waals surface area contributed by atoms with E-state index < -0.39 is 5.82 Å². The summed E-state index contributed by atoms with van der Waals surface area (Å²) < 4.78 is 16.1. The van der Waals surface area contributed by atoms with Gasteiger partial charge in [-0.05, 0) is 55.8 Å². The average molecular weight is 491 g/mol. The van der Waals surface area contributed by atoms with Gasteiger partial charge in [-0.15, -0.1) is 0 Å². The first kappa shape index (κ1) is 21.8. The summed E-state index contributed by atoms with van der Waals surface area (Å²) in [6, 6.07) is 13.6. The highest BCUT2D eigenvalue weighted by atomic mass is 19.1. The van der Waals surface area contributed by atoms with Crippen LogP contribution in [-0.4, -0.2) is 53.1 Å². The highest BCUT2D eigenvalue weighted by molar-refractivity contribution is 5.97. The number of nitrogens with one attached hydrogen (secondary N) is 2. The van der Waals surface area contributed by atoms with E-state index in [4.69, 9.17) is 4.98 Å². The lowest BCUT2D eigenvalue weighted by Gasteiger charge is -2.14. The molecule has 9 heteroatoms. The van der Waals surface area contributed by atoms with Gasteiger partial charge in [0.05, 0.1) is 33.8 Å². The van der Waals surface area contributed by atoms with Crippen LogP contribution in [0.25, 0.3) is 56.0 Å². The van der Waals surface area contributed by atoms with Gasteiger partial charge in [0.15, 0.2) is 11.6 Å². The number of nitrogens with zero attached hydrogens (tertiary/aromatic N) is 6. The van der Waals surface area contributed by atoms with Crippen LogP contribution in [0.15, 0.2) is 67.3 Å². The van der Waals surface area contributed by atoms with Gasteiger partial charge >= 0.3 is 0 Å². The molecule has 0 saturated carbocycles. The van der Waals surface area contributed by atoms with Gasteiger partial charge in [0.25, 0.3) is 0 Å². The van der Waals surface area contributed by atoms with Gasteiger partial charge in [-0.1, -0.05) is 18.2 Å². The Morgan fingerprint density at radius 3 is 2.70 bits per heavy atom. The second kappa shape index (κ2) is 8.86. The lowest BCUT2D eigenvalue weighted by atomic mass is 10.1. The number of halogens is 1. The minimum Gasteiger partial charge on any atom is -0.337 e. The summed E-state index contributed by atoms with van der Waals surface area (Å²) in [5.74, 6) is 0.0216. The zero-order valence-corrected chi connectivity index (χ0v) is 19.9. The van der Waals surface area contributed by atoms with Crippen molar-refractivity contribution < 1.29 is 4.39 Å². The number of benzene rings is 1. The van der Waals surface area contributed by atoms with Crippen LogP contribution in [0.4, 0.5) is 4.39 Å². The number of pyridine rings is 3. The molecule has 37 heavy (non-hydrogen) atoms. The van der Waals surface area contributed by atoms with Crippen LogP contribution in [0.5, 0.6) is 0 Å². The molecule has 0 atom stereocenters. The monoisotopic (exact) mass is 490 g/mol. The van der Waals surface area contributed by atoms with Gasteiger partial charge < -0.3 is 4.98 Å². The molecular formula is C28H23FN8. The highest BCUT2D eigenvalue weighted by Gasteiger charge is 2.22. The molecule has 1 aliphatic rings. The number of likely N-dealkylation sites (tertiary alicyclic amines) is 1. The number of para-hydroxylation sites is 1. The van der Waals surface area contributed by atoms with Gasteiger partial charge in [-0.25, -0.2) is 9.37 Å². The van der Waals surface area contributed by atoms with Gasteiger partial charge in [0.2, 0.25) is 0 Å². The van der Waals surface area contributed by atoms with E-state index in [2.05, 4.69) is 35.0 Å². The van der Waals surface area contributed by atoms with Crippen molar-refractivity contribution in [2.75, 3.05) is 13.1 Å². The summed E-state index contributed by atoms with van der Waals surface area (Å²) in [7, 11) is 0. The minimum absolute atomic E-state index is 0.246. The number of hydrogen-bond donors (Lipinski definition) is 2. The van der Waals surface area contributed by atoms with E-state index in [1.165, 1.54) is 12.8 Å². The summed E-state index contributed by atoms with van der Waals surface area (Å²) >= 11 is 0. The van der Waals surface area contributed by atoms with Crippen molar-refractivity contribution in [1.29, 1.82) is 0 Å². The summed E-state index contributed by atoms with van der Waals surface area (Å²) in [5, 5.41) is 7.66. The maximum absolute atomic E-state index is 16.1. The fraction of sp³-hybridized carbons (Fsp3) is 0.179. The van der Waals surface area contributed by atoms with E-state index in [1.54, 1.807) is 18.6 Å². The first-order chi connectivity index (χ1) is 18.2. The molecule has 6 heterocycles. The molecule has 5 aromatic heterocycles. The maximum atomic E-state index is 16.1. The molecule has 8 nitrogen and oxygen atoms in total. The summed E-state index contributed by atoms with van der Waals surface area (Å²) in [6.45, 7) is 2.97. The van der Waals surface area contributed by atoms with Gasteiger partial charge in [0, 0.05) is 36.3 Å². The topological polar surface area (TPSA) is 99.3 Å². The van der Waals surface area contributed by atoms with Gasteiger partial charge in [0.1, 0.15) is 11.4 Å². The Hall–Kier alpha value is -4.50. The number of imidazole rings is 1. The molecule has 1 fully saturated rings. The van der Waals surface area contributed by atoms with Crippen LogP contribution in [0.2, 0.25) is 0 Å². The van der Waals surface area contributed by atoms with Crippen molar-refractivity contribution in [3.05, 3.63) is 78.6 Å². The summed E-state index contributed by atoms with van der Waals surface area (Å²) in [6.07, 6.45) is 9.30. The van der Waals surface area contributed by atoms with Gasteiger partial charge in [-0.2, -0.15) is 5.10 Å². The fourth-order valence-corrected chi connectivity index (χ4v) is 5.12. The summed E-state index contributed by atoms with van der Waals surface area (Å²) in [5.41, 5.74) is 6.13. The quantitative estimate of drug-likeness (QED) is 0.338. The first-order valence-corrected chi connectivity index (χ1v) is 12.3. The predicted octanol–water partition coefficient (Wildman–Crippen LogP) is 5.36. The van der Waals surface area contributed by atoms with Crippen molar-refractivity contribution in [2.45, 2.75) is 19.4 Å². The summed E-state index contributed by atoms with van der Waals surface area (Å²) in [4.78, 5) is 23.8. The molecular weight excluding hydrogens is 467 g/mol. The van der Waals surface area contributed by atoms with Crippen molar-refractivity contribution in [3.8, 4) is 34.0 Å². The molecule has 0 spiro atoms. The van der Waals surface area contributed by atoms with E-state index >= 15 is 4.39 Å². The largest absolute Gasteiger partial charge is 0.337 e. The third kappa shape index (κ3) is 3.84. The average Bonchev–Trinajstić information content (AvgIpc) is 3.69. The standard InChI is InChI=1S/C28H23FN8/c29-24-23-22(15-32-25(24)18-12-17(13-30-14-18)16-37-10-3-4-11-37)35-36-27(23)28-33-21-8-5-6-19(26(21)34-28)20-7-1-2-9-31-20/h1-2,5-9,12-15H,3-4,10-11,16H2,(H,33,34)(H,35,36). The molecule has 1 saturated heterocycles. The molecule has 182 valence electrons. The van der Waals surface area contributed by atoms with Crippen LogP contribution in [0.3, 0.4) is 0 Å². The maximum Gasteiger partial charge on any atom is 0.161 e. The van der Waals surface area contributed by atoms with E-state index in [-0.39, 0.29) is 5.69 Å². The minimum atomic E-state index is -0.452. The lowest BCUT2D eigenvalue weighted by molar-refractivity contribution is 0.331. The van der Waals surface area contributed by atoms with Crippen LogP contribution >= 0.6 is 0 Å². The van der Waals surface area contributed by atoms with Crippen molar-refractivity contribution >= 4 is 21.9 Å². The van der Waals surface area contributed by atoms with Crippen molar-refractivity contribution in [2.24, 2.45) is 0 Å². The Morgan fingerprint density at radius 2 is 1.84 bits per heavy atom. The lowest BCUT2D eigenvalue weighted by Crippen LogP contribution is -2.18. The van der Waals surface area contributed by atoms with Crippen molar-refractivity contribution in [1.82, 2.24) is 40.0 Å². The van der Waals surface area contributed by atoms with E-state index in [0.717, 1.165) is 47.5 Å². The van der Waals surface area contributed by atoms with Crippen LogP contribution in [0, 0.1) is 5.82 Å². The highest BCUT2D eigenvalue weighted by Crippen LogP contribution is 2.34. The molecule has 0 aliphatic carbocycles. The van der Waals surface area contributed by atoms with Crippen molar-refractivity contribution in [3.63, 3.8) is 0 Å². The number of aromatic nitrogens is 7. The normalized spacial score (nSPS) is 14.2. The molecule has 2 N–H and O–H groups in total. The van der Waals surface area contributed by atoms with E-state index in [9.17, 15) is 0 Å². The van der Waals surface area contributed by atoms with Gasteiger partial charge in [-0.3, -0.25) is 25.0 Å². The molecule has 0 unspecified atom stereocenters. The molecule has 0 amide bonds. The third-order valence-electron chi connectivity index (χ3n) is 6.90. The molecule has 0 bridgehead atoms. The Labute approximate surface area is 211 Å². The number of fused-ring (bicyclic) bond motifs is 2. The second-order valence-electron chi connectivity index (χ2n) is 9.35. The van der Waals surface area contributed by atoms with Crippen LogP contribution in [-0.2, 0) is 6.54 Å². The third-order valence-corrected chi connectivity index (χ3v) is 6.90. The number of hydrogen-bond acceptors (Lipinski definition) is 6. The van der Waals surface area contributed by atoms with E-state index in [0.29, 0.717) is 28.0 Å². The number of aromatic amines is 2. The molecule has 6 aromatic rings. The molecule has 0 radical (unpaired) electrons. The van der Waals surface area contributed by atoms with E-state index in [1.807, 2.05) is 48.7 Å². The second-order valence-corrected chi connectivity index (χ2v) is 9.35. The smallest absolute Gasteiger partial charge is 0.161 e. The first-order valence-electron chi connectivity index (χ1n) is 12.3. The Morgan fingerprint density at radius 1 is 0.919 bits per heavy atom. The fourth-order valence-electron chi connectivity index (χ4n) is 5.12. The number of rotatable bonds is 5. The molecule has 7 rings (SSSR count). The predicted molar refractivity (Wildman–Crippen MR) is 140 cm³/mol. The molecule has 1 aliphatic heterocycles. The Balaban J connectivity index is 1.32. The van der Waals surface area contributed by atoms with Crippen LogP contribution < -0.4 is 0 Å². The SMILES string of the molecule is Fc1c(-c2cncc(CN3CCCC3)c2)ncc2[nH]nc(-c3nc4c(-c5ccccn5)cccc4[nH]3)c12.